The number of unbranched alkanes of at least 4 members (excludes halogenated alkanes) is 9. The molecule has 1 aromatic rings. The summed E-state index contributed by atoms with van der Waals surface area (Å²) in [6, 6.07) is 5.35. The zero-order valence-electron chi connectivity index (χ0n) is 16.3. The number of rotatable bonds is 12. The van der Waals surface area contributed by atoms with Gasteiger partial charge >= 0.3 is 0 Å². The lowest BCUT2D eigenvalue weighted by Crippen LogP contribution is -2.13. The fraction of sp³-hybridized carbons (Fsp3) is 0.682. The van der Waals surface area contributed by atoms with Gasteiger partial charge in [-0.3, -0.25) is 4.79 Å². The summed E-state index contributed by atoms with van der Waals surface area (Å²) in [7, 11) is 0. The molecule has 1 radical (unpaired) electrons. The molecular weight excluding hydrogens is 294 g/mol. The summed E-state index contributed by atoms with van der Waals surface area (Å²) in [6.45, 7) is 8.35. The number of aryl methyl sites for hydroxylation is 3. The van der Waals surface area contributed by atoms with Gasteiger partial charge in [-0.2, -0.15) is 0 Å². The minimum Gasteiger partial charge on any atom is -0.326 e. The molecule has 0 bridgehead atoms. The van der Waals surface area contributed by atoms with Crippen LogP contribution in [0.15, 0.2) is 6.07 Å². The monoisotopic (exact) mass is 330 g/mol. The predicted octanol–water partition coefficient (Wildman–Crippen LogP) is 6.66. The minimum absolute atomic E-state index is 0.137. The fourth-order valence-electron chi connectivity index (χ4n) is 3.25. The van der Waals surface area contributed by atoms with Crippen LogP contribution in [0.25, 0.3) is 0 Å². The van der Waals surface area contributed by atoms with Crippen LogP contribution in [0.5, 0.6) is 0 Å². The van der Waals surface area contributed by atoms with Gasteiger partial charge in [0.15, 0.2) is 0 Å². The number of hydrogen-bond donors (Lipinski definition) is 1. The highest BCUT2D eigenvalue weighted by Gasteiger charge is 2.08. The van der Waals surface area contributed by atoms with E-state index in [-0.39, 0.29) is 5.91 Å². The molecule has 0 aliphatic heterocycles. The van der Waals surface area contributed by atoms with E-state index in [0.717, 1.165) is 28.8 Å². The lowest BCUT2D eigenvalue weighted by Gasteiger charge is -2.12. The summed E-state index contributed by atoms with van der Waals surface area (Å²) in [5.41, 5.74) is 4.22. The molecule has 1 amide bonds. The maximum absolute atomic E-state index is 12.1. The van der Waals surface area contributed by atoms with Crippen molar-refractivity contribution in [3.8, 4) is 0 Å². The molecule has 0 heterocycles. The van der Waals surface area contributed by atoms with Gasteiger partial charge < -0.3 is 5.32 Å². The predicted molar refractivity (Wildman–Crippen MR) is 105 cm³/mol. The molecule has 2 nitrogen and oxygen atoms in total. The molecule has 0 aromatic heterocycles. The fourth-order valence-corrected chi connectivity index (χ4v) is 3.25. The number of carbonyl (C=O) groups excluding carboxylic acids is 1. The van der Waals surface area contributed by atoms with Crippen molar-refractivity contribution in [2.75, 3.05) is 5.32 Å². The maximum atomic E-state index is 12.1. The Labute approximate surface area is 149 Å². The molecule has 0 saturated heterocycles. The molecule has 0 fully saturated rings. The molecule has 0 spiro atoms. The third-order valence-electron chi connectivity index (χ3n) is 4.61. The van der Waals surface area contributed by atoms with Crippen LogP contribution in [-0.4, -0.2) is 5.91 Å². The van der Waals surface area contributed by atoms with Crippen LogP contribution >= 0.6 is 0 Å². The topological polar surface area (TPSA) is 29.1 Å². The van der Waals surface area contributed by atoms with E-state index < -0.39 is 0 Å². The number of hydrogen-bond acceptors (Lipinski definition) is 1. The average molecular weight is 331 g/mol. The number of benzene rings is 1. The van der Waals surface area contributed by atoms with Crippen LogP contribution in [0.1, 0.15) is 94.2 Å². The summed E-state index contributed by atoms with van der Waals surface area (Å²) >= 11 is 0. The van der Waals surface area contributed by atoms with Gasteiger partial charge in [0.25, 0.3) is 0 Å². The van der Waals surface area contributed by atoms with Gasteiger partial charge in [0.1, 0.15) is 0 Å². The Morgan fingerprint density at radius 1 is 0.917 bits per heavy atom. The molecule has 1 aromatic carbocycles. The molecule has 0 aliphatic carbocycles. The second-order valence-corrected chi connectivity index (χ2v) is 7.12. The van der Waals surface area contributed by atoms with Crippen LogP contribution in [0.2, 0.25) is 0 Å². The van der Waals surface area contributed by atoms with Gasteiger partial charge in [-0.1, -0.05) is 70.8 Å². The molecule has 135 valence electrons. The smallest absolute Gasteiger partial charge is 0.224 e. The van der Waals surface area contributed by atoms with Crippen LogP contribution in [-0.2, 0) is 4.79 Å². The third kappa shape index (κ3) is 8.52. The van der Waals surface area contributed by atoms with Crippen molar-refractivity contribution in [3.05, 3.63) is 28.8 Å². The first-order valence-corrected chi connectivity index (χ1v) is 9.84. The molecule has 0 atom stereocenters. The highest BCUT2D eigenvalue weighted by Crippen LogP contribution is 2.21. The second kappa shape index (κ2) is 12.1. The normalized spacial score (nSPS) is 10.8. The first-order valence-electron chi connectivity index (χ1n) is 9.84. The number of anilines is 1. The summed E-state index contributed by atoms with van der Waals surface area (Å²) in [4.78, 5) is 12.1. The van der Waals surface area contributed by atoms with Crippen molar-refractivity contribution in [2.45, 2.75) is 98.3 Å². The van der Waals surface area contributed by atoms with E-state index in [1.807, 2.05) is 20.8 Å². The Morgan fingerprint density at radius 2 is 1.46 bits per heavy atom. The maximum Gasteiger partial charge on any atom is 0.224 e. The van der Waals surface area contributed by atoms with Crippen molar-refractivity contribution >= 4 is 11.6 Å². The summed E-state index contributed by atoms with van der Waals surface area (Å²) in [5.74, 6) is 0.137. The SMILES string of the molecule is CCCCCCCCCCCCC(=O)Nc1c(C)[c]c(C)cc1C. The average Bonchev–Trinajstić information content (AvgIpc) is 2.52. The highest BCUT2D eigenvalue weighted by atomic mass is 16.1. The van der Waals surface area contributed by atoms with Crippen LogP contribution < -0.4 is 5.32 Å². The Morgan fingerprint density at radius 3 is 2.00 bits per heavy atom. The van der Waals surface area contributed by atoms with E-state index in [0.29, 0.717) is 6.42 Å². The first kappa shape index (κ1) is 20.7. The standard InChI is InChI=1S/C22H36NO/c1-5-6-7-8-9-10-11-12-13-14-15-21(24)23-22-19(3)16-18(2)17-20(22)4/h16H,5-15H2,1-4H3,(H,23,24). The zero-order valence-corrected chi connectivity index (χ0v) is 16.3. The van der Waals surface area contributed by atoms with Crippen molar-refractivity contribution < 1.29 is 4.79 Å². The Hall–Kier alpha value is -1.31. The molecule has 2 heteroatoms. The first-order chi connectivity index (χ1) is 11.5. The van der Waals surface area contributed by atoms with Gasteiger partial charge in [-0.15, -0.1) is 0 Å². The lowest BCUT2D eigenvalue weighted by atomic mass is 10.0. The minimum atomic E-state index is 0.137. The number of nitrogens with one attached hydrogen (secondary N) is 1. The molecule has 1 N–H and O–H groups in total. The van der Waals surface area contributed by atoms with Crippen molar-refractivity contribution in [1.29, 1.82) is 0 Å². The quantitative estimate of drug-likeness (QED) is 0.426. The van der Waals surface area contributed by atoms with E-state index >= 15 is 0 Å². The summed E-state index contributed by atoms with van der Waals surface area (Å²) in [5, 5.41) is 3.07. The Balaban J connectivity index is 2.11. The van der Waals surface area contributed by atoms with Gasteiger partial charge in [0.05, 0.1) is 0 Å². The zero-order chi connectivity index (χ0) is 17.8. The lowest BCUT2D eigenvalue weighted by molar-refractivity contribution is -0.116. The number of amides is 1. The van der Waals surface area contributed by atoms with Gasteiger partial charge in [0, 0.05) is 12.1 Å². The van der Waals surface area contributed by atoms with E-state index in [2.05, 4.69) is 24.4 Å². The second-order valence-electron chi connectivity index (χ2n) is 7.12. The molecule has 1 rings (SSSR count). The number of carbonyl (C=O) groups is 1. The van der Waals surface area contributed by atoms with Crippen molar-refractivity contribution in [3.63, 3.8) is 0 Å². The van der Waals surface area contributed by atoms with E-state index in [9.17, 15) is 4.79 Å². The highest BCUT2D eigenvalue weighted by molar-refractivity contribution is 5.92. The van der Waals surface area contributed by atoms with E-state index in [4.69, 9.17) is 0 Å². The molecule has 24 heavy (non-hydrogen) atoms. The van der Waals surface area contributed by atoms with Gasteiger partial charge in [0.2, 0.25) is 5.91 Å². The van der Waals surface area contributed by atoms with Crippen LogP contribution in [0.4, 0.5) is 5.69 Å². The Bertz CT molecular complexity index is 470. The van der Waals surface area contributed by atoms with E-state index in [1.165, 1.54) is 57.8 Å². The van der Waals surface area contributed by atoms with Crippen molar-refractivity contribution in [2.24, 2.45) is 0 Å². The van der Waals surface area contributed by atoms with Gasteiger partial charge in [-0.05, 0) is 49.9 Å². The molecule has 0 unspecified atom stereocenters. The van der Waals surface area contributed by atoms with Crippen molar-refractivity contribution in [1.82, 2.24) is 0 Å². The van der Waals surface area contributed by atoms with Gasteiger partial charge in [-0.25, -0.2) is 0 Å². The molecular formula is C22H36NO. The van der Waals surface area contributed by atoms with Crippen LogP contribution in [0.3, 0.4) is 0 Å². The summed E-state index contributed by atoms with van der Waals surface area (Å²) in [6.07, 6.45) is 13.6. The van der Waals surface area contributed by atoms with Crippen LogP contribution in [0, 0.1) is 26.8 Å². The summed E-state index contributed by atoms with van der Waals surface area (Å²) < 4.78 is 0. The molecule has 0 aliphatic rings. The Kier molecular flexibility index (Phi) is 10.5. The van der Waals surface area contributed by atoms with E-state index in [1.54, 1.807) is 0 Å². The third-order valence-corrected chi connectivity index (χ3v) is 4.61. The molecule has 0 saturated carbocycles. The largest absolute Gasteiger partial charge is 0.326 e.